The number of hydrogen-bond acceptors (Lipinski definition) is 3. The van der Waals surface area contributed by atoms with Crippen LogP contribution in [0.4, 0.5) is 0 Å². The quantitative estimate of drug-likeness (QED) is 0.819. The topological polar surface area (TPSA) is 49.8 Å². The normalized spacial score (nSPS) is 24.0. The maximum absolute atomic E-state index is 10.7. The first-order valence-corrected chi connectivity index (χ1v) is 9.78. The van der Waals surface area contributed by atoms with Crippen molar-refractivity contribution >= 4 is 5.97 Å². The molecule has 1 saturated carbocycles. The molecule has 1 heterocycles. The average Bonchev–Trinajstić information content (AvgIpc) is 2.61. The molecule has 2 atom stereocenters. The fourth-order valence-electron chi connectivity index (χ4n) is 4.13. The molecule has 2 aliphatic rings. The molecule has 138 valence electrons. The second kappa shape index (κ2) is 8.81. The fourth-order valence-corrected chi connectivity index (χ4v) is 4.13. The van der Waals surface area contributed by atoms with Crippen molar-refractivity contribution in [2.75, 3.05) is 19.7 Å². The van der Waals surface area contributed by atoms with E-state index in [1.54, 1.807) is 0 Å². The van der Waals surface area contributed by atoms with Gasteiger partial charge < -0.3 is 9.84 Å². The average molecular weight is 345 g/mol. The third-order valence-corrected chi connectivity index (χ3v) is 5.76. The summed E-state index contributed by atoms with van der Waals surface area (Å²) >= 11 is 0. The first-order chi connectivity index (χ1) is 12.1. The van der Waals surface area contributed by atoms with Crippen molar-refractivity contribution in [2.24, 2.45) is 5.92 Å². The minimum Gasteiger partial charge on any atom is -0.481 e. The van der Waals surface area contributed by atoms with Crippen molar-refractivity contribution in [3.63, 3.8) is 0 Å². The Morgan fingerprint density at radius 2 is 2.12 bits per heavy atom. The lowest BCUT2D eigenvalue weighted by Crippen LogP contribution is -2.35. The maximum Gasteiger partial charge on any atom is 0.303 e. The zero-order valence-corrected chi connectivity index (χ0v) is 15.4. The molecule has 3 rings (SSSR count). The van der Waals surface area contributed by atoms with Gasteiger partial charge >= 0.3 is 5.97 Å². The van der Waals surface area contributed by atoms with Crippen LogP contribution in [-0.4, -0.2) is 41.8 Å². The monoisotopic (exact) mass is 345 g/mol. The van der Waals surface area contributed by atoms with Crippen LogP contribution >= 0.6 is 0 Å². The SMILES string of the molecule is CC1CCCCC1OCCN1CCc2cc(CCC(=O)O)ccc2C1. The summed E-state index contributed by atoms with van der Waals surface area (Å²) in [4.78, 5) is 13.2. The Kier molecular flexibility index (Phi) is 6.49. The van der Waals surface area contributed by atoms with E-state index in [4.69, 9.17) is 9.84 Å². The van der Waals surface area contributed by atoms with E-state index in [0.717, 1.165) is 38.2 Å². The standard InChI is InChI=1S/C21H31NO3/c1-16-4-2-3-5-20(16)25-13-12-22-11-10-18-14-17(7-9-21(23)24)6-8-19(18)15-22/h6,8,14,16,20H,2-5,7,9-13,15H2,1H3,(H,23,24). The first-order valence-electron chi connectivity index (χ1n) is 9.78. The number of carbonyl (C=O) groups is 1. The van der Waals surface area contributed by atoms with Gasteiger partial charge in [0.2, 0.25) is 0 Å². The molecule has 1 N–H and O–H groups in total. The minimum absolute atomic E-state index is 0.210. The van der Waals surface area contributed by atoms with Gasteiger partial charge in [-0.3, -0.25) is 9.69 Å². The summed E-state index contributed by atoms with van der Waals surface area (Å²) in [6, 6.07) is 6.48. The van der Waals surface area contributed by atoms with Crippen molar-refractivity contribution in [2.45, 2.75) is 64.5 Å². The summed E-state index contributed by atoms with van der Waals surface area (Å²) in [5, 5.41) is 8.82. The van der Waals surface area contributed by atoms with Crippen LogP contribution < -0.4 is 0 Å². The molecule has 4 heteroatoms. The summed E-state index contributed by atoms with van der Waals surface area (Å²) in [7, 11) is 0. The number of carboxylic acids is 1. The van der Waals surface area contributed by atoms with Gasteiger partial charge in [0.15, 0.2) is 0 Å². The molecule has 1 aromatic rings. The third-order valence-electron chi connectivity index (χ3n) is 5.76. The van der Waals surface area contributed by atoms with Gasteiger partial charge in [-0.15, -0.1) is 0 Å². The van der Waals surface area contributed by atoms with E-state index in [9.17, 15) is 4.79 Å². The van der Waals surface area contributed by atoms with Crippen LogP contribution in [0, 0.1) is 5.92 Å². The predicted molar refractivity (Wildman–Crippen MR) is 98.8 cm³/mol. The molecular formula is C21H31NO3. The fraction of sp³-hybridized carbons (Fsp3) is 0.667. The van der Waals surface area contributed by atoms with Crippen LogP contribution in [0.1, 0.15) is 55.7 Å². The Morgan fingerprint density at radius 1 is 1.28 bits per heavy atom. The van der Waals surface area contributed by atoms with Crippen LogP contribution in [0.2, 0.25) is 0 Å². The van der Waals surface area contributed by atoms with Gasteiger partial charge in [0.1, 0.15) is 0 Å². The number of rotatable bonds is 7. The Balaban J connectivity index is 1.45. The van der Waals surface area contributed by atoms with Crippen molar-refractivity contribution in [3.8, 4) is 0 Å². The molecule has 0 aromatic heterocycles. The number of ether oxygens (including phenoxy) is 1. The molecule has 1 aliphatic carbocycles. The molecule has 0 radical (unpaired) electrons. The molecule has 0 spiro atoms. The van der Waals surface area contributed by atoms with Crippen molar-refractivity contribution in [1.29, 1.82) is 0 Å². The number of benzene rings is 1. The summed E-state index contributed by atoms with van der Waals surface area (Å²) in [6.45, 7) is 6.21. The second-order valence-electron chi connectivity index (χ2n) is 7.69. The van der Waals surface area contributed by atoms with Gasteiger partial charge in [0, 0.05) is 26.1 Å². The van der Waals surface area contributed by atoms with Crippen LogP contribution in [0.5, 0.6) is 0 Å². The van der Waals surface area contributed by atoms with Gasteiger partial charge in [-0.25, -0.2) is 0 Å². The van der Waals surface area contributed by atoms with E-state index in [1.165, 1.54) is 36.8 Å². The van der Waals surface area contributed by atoms with Gasteiger partial charge in [0.05, 0.1) is 12.7 Å². The highest BCUT2D eigenvalue weighted by atomic mass is 16.5. The minimum atomic E-state index is -0.726. The number of nitrogens with zero attached hydrogens (tertiary/aromatic N) is 1. The summed E-state index contributed by atoms with van der Waals surface area (Å²) in [6.07, 6.45) is 7.56. The molecule has 1 fully saturated rings. The van der Waals surface area contributed by atoms with Crippen LogP contribution in [0.25, 0.3) is 0 Å². The van der Waals surface area contributed by atoms with Gasteiger partial charge in [0.25, 0.3) is 0 Å². The number of hydrogen-bond donors (Lipinski definition) is 1. The van der Waals surface area contributed by atoms with E-state index in [0.29, 0.717) is 18.4 Å². The molecule has 0 amide bonds. The Labute approximate surface area is 151 Å². The molecule has 1 aliphatic heterocycles. The van der Waals surface area contributed by atoms with E-state index in [-0.39, 0.29) is 6.42 Å². The number of carboxylic acid groups (broad SMARTS) is 1. The summed E-state index contributed by atoms with van der Waals surface area (Å²) in [5.74, 6) is -0.0174. The lowest BCUT2D eigenvalue weighted by Gasteiger charge is -2.32. The summed E-state index contributed by atoms with van der Waals surface area (Å²) < 4.78 is 6.16. The highest BCUT2D eigenvalue weighted by Crippen LogP contribution is 2.26. The largest absolute Gasteiger partial charge is 0.481 e. The molecule has 0 saturated heterocycles. The van der Waals surface area contributed by atoms with Crippen molar-refractivity contribution in [1.82, 2.24) is 4.90 Å². The zero-order valence-electron chi connectivity index (χ0n) is 15.4. The lowest BCUT2D eigenvalue weighted by atomic mass is 9.88. The Hall–Kier alpha value is -1.39. The van der Waals surface area contributed by atoms with E-state index in [1.807, 2.05) is 0 Å². The first kappa shape index (κ1) is 18.4. The van der Waals surface area contributed by atoms with Gasteiger partial charge in [-0.05, 0) is 48.3 Å². The highest BCUT2D eigenvalue weighted by Gasteiger charge is 2.22. The maximum atomic E-state index is 10.7. The van der Waals surface area contributed by atoms with Crippen LogP contribution in [0.3, 0.4) is 0 Å². The molecule has 2 unspecified atom stereocenters. The van der Waals surface area contributed by atoms with E-state index in [2.05, 4.69) is 30.0 Å². The second-order valence-corrected chi connectivity index (χ2v) is 7.69. The lowest BCUT2D eigenvalue weighted by molar-refractivity contribution is -0.136. The third kappa shape index (κ3) is 5.29. The zero-order chi connectivity index (χ0) is 17.6. The molecule has 0 bridgehead atoms. The molecule has 25 heavy (non-hydrogen) atoms. The van der Waals surface area contributed by atoms with Crippen molar-refractivity contribution in [3.05, 3.63) is 34.9 Å². The number of aliphatic carboxylic acids is 1. The molecular weight excluding hydrogens is 314 g/mol. The number of fused-ring (bicyclic) bond motifs is 1. The Bertz CT molecular complexity index is 587. The van der Waals surface area contributed by atoms with Gasteiger partial charge in [-0.1, -0.05) is 38.0 Å². The van der Waals surface area contributed by atoms with Gasteiger partial charge in [-0.2, -0.15) is 0 Å². The smallest absolute Gasteiger partial charge is 0.303 e. The van der Waals surface area contributed by atoms with Crippen LogP contribution in [0.15, 0.2) is 18.2 Å². The molecule has 1 aromatic carbocycles. The molecule has 4 nitrogen and oxygen atoms in total. The van der Waals surface area contributed by atoms with E-state index < -0.39 is 5.97 Å². The van der Waals surface area contributed by atoms with Crippen molar-refractivity contribution < 1.29 is 14.6 Å². The highest BCUT2D eigenvalue weighted by molar-refractivity contribution is 5.67. The Morgan fingerprint density at radius 3 is 2.92 bits per heavy atom. The van der Waals surface area contributed by atoms with Crippen LogP contribution in [-0.2, 0) is 28.9 Å². The summed E-state index contributed by atoms with van der Waals surface area (Å²) in [5.41, 5.74) is 3.92. The predicted octanol–water partition coefficient (Wildman–Crippen LogP) is 3.66. The van der Waals surface area contributed by atoms with E-state index >= 15 is 0 Å². The number of aryl methyl sites for hydroxylation is 1.